The quantitative estimate of drug-likeness (QED) is 0.173. The summed E-state index contributed by atoms with van der Waals surface area (Å²) in [6, 6.07) is 76.0. The Morgan fingerprint density at radius 2 is 0.894 bits per heavy atom. The number of benzene rings is 9. The smallest absolute Gasteiger partial charge is 0.134 e. The van der Waals surface area contributed by atoms with E-state index in [2.05, 4.69) is 232 Å². The Morgan fingerprint density at radius 3 is 1.41 bits per heavy atom. The molecule has 0 saturated heterocycles. The minimum absolute atomic E-state index is 0.158. The third kappa shape index (κ3) is 5.04. The Kier molecular flexibility index (Phi) is 7.81. The van der Waals surface area contributed by atoms with E-state index in [4.69, 9.17) is 4.42 Å². The second-order valence-electron chi connectivity index (χ2n) is 17.4. The van der Waals surface area contributed by atoms with Crippen LogP contribution in [0, 0.1) is 11.3 Å². The summed E-state index contributed by atoms with van der Waals surface area (Å²) in [5, 5.41) is 17.8. The highest BCUT2D eigenvalue weighted by molar-refractivity contribution is 6.16. The summed E-state index contributed by atoms with van der Waals surface area (Å²) >= 11 is 0. The first-order valence-corrected chi connectivity index (χ1v) is 22.6. The maximum Gasteiger partial charge on any atom is 0.134 e. The van der Waals surface area contributed by atoms with Crippen molar-refractivity contribution in [2.75, 3.05) is 4.90 Å². The minimum Gasteiger partial charge on any atom is -0.460 e. The SMILES string of the molecule is N#Cc1c(-c2ccccc2)c(-n2c3ccccc3c3ccccc32)c(N2c3ccccc3C3=Cc4c(oc5ccccc45)CC32)c(-n2c3ccccc3c3ccccc32)c1-c1ccccc1. The molecule has 5 nitrogen and oxygen atoms in total. The number of furan rings is 1. The molecule has 1 atom stereocenters. The van der Waals surface area contributed by atoms with Crippen molar-refractivity contribution in [3.63, 3.8) is 0 Å². The van der Waals surface area contributed by atoms with Crippen LogP contribution in [0.25, 0.3) is 99.9 Å². The lowest BCUT2D eigenvalue weighted by Gasteiger charge is -2.36. The summed E-state index contributed by atoms with van der Waals surface area (Å²) in [6.45, 7) is 0. The van der Waals surface area contributed by atoms with Gasteiger partial charge in [-0.15, -0.1) is 0 Å². The largest absolute Gasteiger partial charge is 0.460 e. The molecule has 66 heavy (non-hydrogen) atoms. The molecule has 0 radical (unpaired) electrons. The van der Waals surface area contributed by atoms with Crippen molar-refractivity contribution < 1.29 is 4.42 Å². The fourth-order valence-electron chi connectivity index (χ4n) is 11.4. The van der Waals surface area contributed by atoms with Crippen LogP contribution in [0.4, 0.5) is 11.4 Å². The Morgan fingerprint density at radius 1 is 0.455 bits per heavy atom. The van der Waals surface area contributed by atoms with E-state index in [1.807, 2.05) is 0 Å². The molecule has 0 saturated carbocycles. The van der Waals surface area contributed by atoms with Crippen molar-refractivity contribution >= 4 is 77.6 Å². The van der Waals surface area contributed by atoms with Gasteiger partial charge < -0.3 is 18.5 Å². The monoisotopic (exact) mass is 842 g/mol. The van der Waals surface area contributed by atoms with Crippen molar-refractivity contribution in [3.05, 3.63) is 229 Å². The van der Waals surface area contributed by atoms with E-state index in [1.54, 1.807) is 0 Å². The predicted molar refractivity (Wildman–Crippen MR) is 271 cm³/mol. The van der Waals surface area contributed by atoms with Gasteiger partial charge in [0.1, 0.15) is 17.4 Å². The van der Waals surface area contributed by atoms with Crippen molar-refractivity contribution in [2.24, 2.45) is 0 Å². The number of rotatable bonds is 5. The van der Waals surface area contributed by atoms with Gasteiger partial charge in [-0.25, -0.2) is 0 Å². The fourth-order valence-corrected chi connectivity index (χ4v) is 11.4. The lowest BCUT2D eigenvalue weighted by atomic mass is 9.86. The molecule has 9 aromatic carbocycles. The van der Waals surface area contributed by atoms with Gasteiger partial charge >= 0.3 is 0 Å². The highest BCUT2D eigenvalue weighted by Gasteiger charge is 2.44. The second-order valence-corrected chi connectivity index (χ2v) is 17.4. The maximum absolute atomic E-state index is 12.1. The standard InChI is InChI=1S/C61H38N4O/c62-37-48-57(38-19-3-1-4-20-38)59(63-49-29-13-7-23-40(49)41-24-8-14-30-50(41)63)61(65-53-33-17-11-27-44(53)46-35-47-45-28-12-18-34-55(45)66-56(47)36-54(46)65)60(58(48)39-21-5-2-6-22-39)64-51-31-15-9-25-42(51)43-26-10-16-32-52(43)64/h1-35,54H,36H2. The van der Waals surface area contributed by atoms with Crippen LogP contribution in [0.5, 0.6) is 0 Å². The van der Waals surface area contributed by atoms with Crippen molar-refractivity contribution in [2.45, 2.75) is 12.5 Å². The third-order valence-corrected chi connectivity index (χ3v) is 14.0. The van der Waals surface area contributed by atoms with Crippen LogP contribution in [-0.4, -0.2) is 15.2 Å². The van der Waals surface area contributed by atoms with E-state index in [0.29, 0.717) is 12.0 Å². The number of nitriles is 1. The molecule has 12 aromatic rings. The summed E-state index contributed by atoms with van der Waals surface area (Å²) in [6.07, 6.45) is 3.03. The molecule has 0 bridgehead atoms. The van der Waals surface area contributed by atoms with Crippen molar-refractivity contribution in [1.29, 1.82) is 5.26 Å². The fraction of sp³-hybridized carbons (Fsp3) is 0.0328. The van der Waals surface area contributed by atoms with Gasteiger partial charge in [0.15, 0.2) is 0 Å². The number of anilines is 2. The number of hydrogen-bond acceptors (Lipinski definition) is 3. The first-order chi connectivity index (χ1) is 32.8. The number of aromatic nitrogens is 2. The van der Waals surface area contributed by atoms with Gasteiger partial charge in [-0.05, 0) is 59.2 Å². The molecule has 0 N–H and O–H groups in total. The Balaban J connectivity index is 1.26. The van der Waals surface area contributed by atoms with Crippen LogP contribution >= 0.6 is 0 Å². The molecule has 0 amide bonds. The highest BCUT2D eigenvalue weighted by Crippen LogP contribution is 2.58. The van der Waals surface area contributed by atoms with Gasteiger partial charge in [0.2, 0.25) is 0 Å². The Labute approximate surface area is 380 Å². The molecule has 2 aliphatic rings. The van der Waals surface area contributed by atoms with E-state index in [9.17, 15) is 5.26 Å². The Hall–Kier alpha value is -8.85. The molecular formula is C61H38N4O. The van der Waals surface area contributed by atoms with Crippen molar-refractivity contribution in [1.82, 2.24) is 9.13 Å². The first kappa shape index (κ1) is 36.6. The Bertz CT molecular complexity index is 3760. The average Bonchev–Trinajstić information content (AvgIpc) is 4.11. The summed E-state index contributed by atoms with van der Waals surface area (Å²) in [7, 11) is 0. The highest BCUT2D eigenvalue weighted by atomic mass is 16.3. The van der Waals surface area contributed by atoms with E-state index in [0.717, 1.165) is 111 Å². The lowest BCUT2D eigenvalue weighted by molar-refractivity contribution is 0.534. The molecule has 0 spiro atoms. The van der Waals surface area contributed by atoms with Gasteiger partial charge in [0.05, 0.1) is 50.7 Å². The molecule has 4 heterocycles. The molecule has 3 aromatic heterocycles. The van der Waals surface area contributed by atoms with Crippen LogP contribution in [-0.2, 0) is 6.42 Å². The number of para-hydroxylation sites is 6. The molecular weight excluding hydrogens is 805 g/mol. The molecule has 0 fully saturated rings. The summed E-state index contributed by atoms with van der Waals surface area (Å²) in [5.74, 6) is 0.972. The molecule has 1 unspecified atom stereocenters. The number of nitrogens with zero attached hydrogens (tertiary/aromatic N) is 4. The van der Waals surface area contributed by atoms with Gasteiger partial charge in [-0.2, -0.15) is 5.26 Å². The zero-order valence-corrected chi connectivity index (χ0v) is 35.7. The molecule has 5 heteroatoms. The van der Waals surface area contributed by atoms with Crippen LogP contribution in [0.2, 0.25) is 0 Å². The van der Waals surface area contributed by atoms with E-state index < -0.39 is 0 Å². The van der Waals surface area contributed by atoms with E-state index in [1.165, 1.54) is 11.1 Å². The zero-order chi connectivity index (χ0) is 43.5. The van der Waals surface area contributed by atoms with Crippen LogP contribution in [0.1, 0.15) is 22.5 Å². The maximum atomic E-state index is 12.1. The average molecular weight is 843 g/mol. The van der Waals surface area contributed by atoms with Gasteiger partial charge in [-0.1, -0.05) is 170 Å². The van der Waals surface area contributed by atoms with Gasteiger partial charge in [-0.3, -0.25) is 0 Å². The van der Waals surface area contributed by atoms with Crippen molar-refractivity contribution in [3.8, 4) is 39.7 Å². The number of fused-ring (bicyclic) bond motifs is 12. The summed E-state index contributed by atoms with van der Waals surface area (Å²) in [5.41, 5.74) is 17.0. The second kappa shape index (κ2) is 14.1. The van der Waals surface area contributed by atoms with Crippen LogP contribution in [0.3, 0.4) is 0 Å². The lowest BCUT2D eigenvalue weighted by Crippen LogP contribution is -2.32. The summed E-state index contributed by atoms with van der Waals surface area (Å²) < 4.78 is 11.7. The number of hydrogen-bond donors (Lipinski definition) is 0. The zero-order valence-electron chi connectivity index (χ0n) is 35.7. The molecule has 1 aliphatic carbocycles. The minimum atomic E-state index is -0.158. The topological polar surface area (TPSA) is 50.0 Å². The third-order valence-electron chi connectivity index (χ3n) is 14.0. The normalized spacial score (nSPS) is 14.2. The first-order valence-electron chi connectivity index (χ1n) is 22.6. The van der Waals surface area contributed by atoms with Gasteiger partial charge in [0, 0.05) is 61.3 Å². The van der Waals surface area contributed by atoms with E-state index in [-0.39, 0.29) is 6.04 Å². The van der Waals surface area contributed by atoms with Crippen LogP contribution < -0.4 is 4.90 Å². The molecule has 308 valence electrons. The van der Waals surface area contributed by atoms with Gasteiger partial charge in [0.25, 0.3) is 0 Å². The molecule has 1 aliphatic heterocycles. The van der Waals surface area contributed by atoms with Crippen LogP contribution in [0.15, 0.2) is 211 Å². The van der Waals surface area contributed by atoms with E-state index >= 15 is 0 Å². The molecule has 14 rings (SSSR count). The predicted octanol–water partition coefficient (Wildman–Crippen LogP) is 15.4. The summed E-state index contributed by atoms with van der Waals surface area (Å²) in [4.78, 5) is 2.61.